The molecule has 0 amide bonds. The Labute approximate surface area is 104 Å². The molecule has 1 heterocycles. The minimum Gasteiger partial charge on any atom is -0.366 e. The lowest BCUT2D eigenvalue weighted by molar-refractivity contribution is 0.807. The summed E-state index contributed by atoms with van der Waals surface area (Å²) < 4.78 is 0.565. The summed E-state index contributed by atoms with van der Waals surface area (Å²) in [6.45, 7) is 1.59. The van der Waals surface area contributed by atoms with Crippen LogP contribution in [0.3, 0.4) is 0 Å². The normalized spacial score (nSPS) is 9.80. The number of rotatable bonds is 4. The predicted octanol–water partition coefficient (Wildman–Crippen LogP) is 1.33. The highest BCUT2D eigenvalue weighted by Crippen LogP contribution is 2.20. The molecule has 0 bridgehead atoms. The maximum atomic E-state index is 5.75. The van der Waals surface area contributed by atoms with E-state index in [1.807, 2.05) is 17.3 Å². The van der Waals surface area contributed by atoms with Gasteiger partial charge in [0.05, 0.1) is 0 Å². The molecule has 2 N–H and O–H groups in total. The van der Waals surface area contributed by atoms with Crippen LogP contribution < -0.4 is 15.5 Å². The Morgan fingerprint density at radius 3 is 3.00 bits per heavy atom. The van der Waals surface area contributed by atoms with Crippen molar-refractivity contribution in [2.24, 2.45) is 0 Å². The SMILES string of the molecule is CNC(=S)NCCN(C)c1csc(Cl)n1. The summed E-state index contributed by atoms with van der Waals surface area (Å²) in [4.78, 5) is 6.18. The van der Waals surface area contributed by atoms with Crippen molar-refractivity contribution in [3.8, 4) is 0 Å². The van der Waals surface area contributed by atoms with Crippen LogP contribution in [0.1, 0.15) is 0 Å². The fourth-order valence-corrected chi connectivity index (χ4v) is 1.86. The van der Waals surface area contributed by atoms with Crippen molar-refractivity contribution in [1.29, 1.82) is 0 Å². The van der Waals surface area contributed by atoms with Crippen LogP contribution in [0.2, 0.25) is 4.47 Å². The third-order valence-corrected chi connectivity index (χ3v) is 3.13. The first-order chi connectivity index (χ1) is 7.13. The number of nitrogens with one attached hydrogen (secondary N) is 2. The van der Waals surface area contributed by atoms with E-state index >= 15 is 0 Å². The summed E-state index contributed by atoms with van der Waals surface area (Å²) in [5.74, 6) is 0.891. The van der Waals surface area contributed by atoms with E-state index in [9.17, 15) is 0 Å². The molecule has 7 heteroatoms. The highest BCUT2D eigenvalue weighted by molar-refractivity contribution is 7.80. The van der Waals surface area contributed by atoms with E-state index in [1.54, 1.807) is 7.05 Å². The first-order valence-electron chi connectivity index (χ1n) is 4.41. The second kappa shape index (κ2) is 6.09. The molecule has 15 heavy (non-hydrogen) atoms. The van der Waals surface area contributed by atoms with E-state index in [-0.39, 0.29) is 0 Å². The van der Waals surface area contributed by atoms with Crippen LogP contribution >= 0.6 is 35.2 Å². The van der Waals surface area contributed by atoms with Crippen LogP contribution in [0.4, 0.5) is 5.82 Å². The van der Waals surface area contributed by atoms with Crippen LogP contribution in [0, 0.1) is 0 Å². The van der Waals surface area contributed by atoms with Crippen molar-refractivity contribution < 1.29 is 0 Å². The highest BCUT2D eigenvalue weighted by atomic mass is 35.5. The van der Waals surface area contributed by atoms with Crippen LogP contribution in [-0.4, -0.2) is 37.3 Å². The Morgan fingerprint density at radius 1 is 1.73 bits per heavy atom. The number of hydrogen-bond acceptors (Lipinski definition) is 4. The van der Waals surface area contributed by atoms with Crippen LogP contribution in [0.15, 0.2) is 5.38 Å². The van der Waals surface area contributed by atoms with Crippen molar-refractivity contribution in [2.75, 3.05) is 32.1 Å². The fourth-order valence-electron chi connectivity index (χ4n) is 0.959. The lowest BCUT2D eigenvalue weighted by atomic mass is 10.5. The number of thiazole rings is 1. The maximum Gasteiger partial charge on any atom is 0.185 e. The number of anilines is 1. The van der Waals surface area contributed by atoms with Gasteiger partial charge in [0.15, 0.2) is 9.58 Å². The van der Waals surface area contributed by atoms with E-state index in [2.05, 4.69) is 15.6 Å². The Balaban J connectivity index is 2.30. The molecule has 0 atom stereocenters. The van der Waals surface area contributed by atoms with Gasteiger partial charge in [0.25, 0.3) is 0 Å². The van der Waals surface area contributed by atoms with E-state index in [0.29, 0.717) is 9.58 Å². The quantitative estimate of drug-likeness (QED) is 0.803. The number of nitrogens with zero attached hydrogens (tertiary/aromatic N) is 2. The molecule has 0 radical (unpaired) electrons. The van der Waals surface area contributed by atoms with Gasteiger partial charge in [0.2, 0.25) is 0 Å². The summed E-state index contributed by atoms with van der Waals surface area (Å²) in [6, 6.07) is 0. The van der Waals surface area contributed by atoms with Crippen molar-refractivity contribution >= 4 is 46.1 Å². The maximum absolute atomic E-state index is 5.75. The van der Waals surface area contributed by atoms with Crippen molar-refractivity contribution in [1.82, 2.24) is 15.6 Å². The van der Waals surface area contributed by atoms with Gasteiger partial charge in [-0.3, -0.25) is 0 Å². The topological polar surface area (TPSA) is 40.2 Å². The van der Waals surface area contributed by atoms with Gasteiger partial charge in [0.1, 0.15) is 5.82 Å². The first kappa shape index (κ1) is 12.5. The minimum absolute atomic E-state index is 0.565. The first-order valence-corrected chi connectivity index (χ1v) is 6.08. The molecule has 0 aliphatic heterocycles. The number of halogens is 1. The Bertz CT molecular complexity index is 328. The van der Waals surface area contributed by atoms with Crippen LogP contribution in [0.5, 0.6) is 0 Å². The molecule has 0 spiro atoms. The number of hydrogen-bond donors (Lipinski definition) is 2. The molecule has 4 nitrogen and oxygen atoms in total. The zero-order valence-electron chi connectivity index (χ0n) is 8.58. The summed E-state index contributed by atoms with van der Waals surface area (Å²) in [5, 5.41) is 8.49. The summed E-state index contributed by atoms with van der Waals surface area (Å²) in [6.07, 6.45) is 0. The third kappa shape index (κ3) is 4.19. The minimum atomic E-state index is 0.565. The average Bonchev–Trinajstić information content (AvgIpc) is 2.64. The standard InChI is InChI=1S/C8H13ClN4S2/c1-10-8(14)11-3-4-13(2)6-5-15-7(9)12-6/h5H,3-4H2,1-2H3,(H2,10,11,14). The summed E-state index contributed by atoms with van der Waals surface area (Å²) in [5.41, 5.74) is 0. The Kier molecular flexibility index (Phi) is 5.07. The molecular weight excluding hydrogens is 252 g/mol. The molecule has 0 aromatic carbocycles. The van der Waals surface area contributed by atoms with Gasteiger partial charge in [-0.05, 0) is 12.2 Å². The zero-order chi connectivity index (χ0) is 11.3. The van der Waals surface area contributed by atoms with Crippen molar-refractivity contribution in [2.45, 2.75) is 0 Å². The zero-order valence-corrected chi connectivity index (χ0v) is 11.0. The molecule has 1 aromatic heterocycles. The molecule has 0 fully saturated rings. The predicted molar refractivity (Wildman–Crippen MR) is 70.1 cm³/mol. The molecule has 0 aliphatic carbocycles. The van der Waals surface area contributed by atoms with Crippen LogP contribution in [0.25, 0.3) is 0 Å². The van der Waals surface area contributed by atoms with Crippen LogP contribution in [-0.2, 0) is 0 Å². The van der Waals surface area contributed by atoms with Crippen molar-refractivity contribution in [3.05, 3.63) is 9.85 Å². The van der Waals surface area contributed by atoms with Crippen molar-refractivity contribution in [3.63, 3.8) is 0 Å². The molecule has 0 saturated heterocycles. The van der Waals surface area contributed by atoms with E-state index in [1.165, 1.54) is 11.3 Å². The van der Waals surface area contributed by atoms with Gasteiger partial charge in [-0.15, -0.1) is 11.3 Å². The highest BCUT2D eigenvalue weighted by Gasteiger charge is 2.04. The molecule has 1 rings (SSSR count). The molecule has 0 aliphatic rings. The van der Waals surface area contributed by atoms with Gasteiger partial charge in [0, 0.05) is 32.6 Å². The van der Waals surface area contributed by atoms with E-state index in [4.69, 9.17) is 23.8 Å². The fraction of sp³-hybridized carbons (Fsp3) is 0.500. The molecular formula is C8H13ClN4S2. The third-order valence-electron chi connectivity index (χ3n) is 1.81. The monoisotopic (exact) mass is 264 g/mol. The average molecular weight is 265 g/mol. The molecule has 1 aromatic rings. The van der Waals surface area contributed by atoms with Gasteiger partial charge < -0.3 is 15.5 Å². The second-order valence-electron chi connectivity index (χ2n) is 2.89. The molecule has 0 saturated carbocycles. The number of aromatic nitrogens is 1. The Hall–Kier alpha value is -0.590. The number of thiocarbonyl (C=S) groups is 1. The smallest absolute Gasteiger partial charge is 0.185 e. The molecule has 0 unspecified atom stereocenters. The lowest BCUT2D eigenvalue weighted by Crippen LogP contribution is -2.37. The second-order valence-corrected chi connectivity index (χ2v) is 4.73. The Morgan fingerprint density at radius 2 is 2.47 bits per heavy atom. The van der Waals surface area contributed by atoms with Gasteiger partial charge in [-0.2, -0.15) is 0 Å². The summed E-state index contributed by atoms with van der Waals surface area (Å²) in [7, 11) is 3.76. The number of likely N-dealkylation sites (N-methyl/N-ethyl adjacent to an activating group) is 1. The van der Waals surface area contributed by atoms with E-state index in [0.717, 1.165) is 18.9 Å². The largest absolute Gasteiger partial charge is 0.366 e. The lowest BCUT2D eigenvalue weighted by Gasteiger charge is -2.16. The van der Waals surface area contributed by atoms with Gasteiger partial charge in [-0.25, -0.2) is 4.98 Å². The summed E-state index contributed by atoms with van der Waals surface area (Å²) >= 11 is 12.1. The molecule has 84 valence electrons. The van der Waals surface area contributed by atoms with E-state index < -0.39 is 0 Å². The van der Waals surface area contributed by atoms with Gasteiger partial charge >= 0.3 is 0 Å². The van der Waals surface area contributed by atoms with Gasteiger partial charge in [-0.1, -0.05) is 11.6 Å².